The van der Waals surface area contributed by atoms with Crippen LogP contribution in [0.3, 0.4) is 0 Å². The molecule has 0 aliphatic rings. The molecule has 14 heavy (non-hydrogen) atoms. The fourth-order valence-corrected chi connectivity index (χ4v) is 1.00. The zero-order valence-electron chi connectivity index (χ0n) is 8.29. The van der Waals surface area contributed by atoms with Crippen molar-refractivity contribution in [3.05, 3.63) is 46.7 Å². The minimum absolute atomic E-state index is 0.323. The van der Waals surface area contributed by atoms with E-state index in [1.54, 1.807) is 12.3 Å². The number of nitrogens with two attached hydrogens (primary N) is 1. The lowest BCUT2D eigenvalue weighted by Gasteiger charge is -1.94. The van der Waals surface area contributed by atoms with Crippen LogP contribution in [0.1, 0.15) is 11.1 Å². The fourth-order valence-electron chi connectivity index (χ4n) is 0.889. The molecular weight excluding hydrogens is 196 g/mol. The third-order valence-corrected chi connectivity index (χ3v) is 2.28. The average molecular weight is 209 g/mol. The Balaban J connectivity index is 3.44. The highest BCUT2D eigenvalue weighted by atomic mass is 35.5. The molecule has 0 bridgehead atoms. The Hall–Kier alpha value is -1.28. The van der Waals surface area contributed by atoms with Crippen LogP contribution in [-0.4, -0.2) is 4.98 Å². The van der Waals surface area contributed by atoms with Gasteiger partial charge in [-0.25, -0.2) is 4.98 Å². The third kappa shape index (κ3) is 2.89. The monoisotopic (exact) mass is 208 g/mol. The maximum Gasteiger partial charge on any atom is 0.151 e. The van der Waals surface area contributed by atoms with Crippen LogP contribution in [0.5, 0.6) is 0 Å². The van der Waals surface area contributed by atoms with Crippen LogP contribution >= 0.6 is 11.6 Å². The van der Waals surface area contributed by atoms with Crippen molar-refractivity contribution in [3.8, 4) is 0 Å². The number of aromatic nitrogens is 1. The normalized spacial score (nSPS) is 9.36. The number of anilines is 1. The van der Waals surface area contributed by atoms with Gasteiger partial charge in [0.25, 0.3) is 0 Å². The van der Waals surface area contributed by atoms with Gasteiger partial charge in [-0.15, -0.1) is 0 Å². The summed E-state index contributed by atoms with van der Waals surface area (Å²) in [7, 11) is 0. The van der Waals surface area contributed by atoms with E-state index in [4.69, 9.17) is 17.3 Å². The Kier molecular flexibility index (Phi) is 3.72. The van der Waals surface area contributed by atoms with Gasteiger partial charge >= 0.3 is 0 Å². The predicted molar refractivity (Wildman–Crippen MR) is 60.8 cm³/mol. The van der Waals surface area contributed by atoms with Crippen LogP contribution in [0.4, 0.5) is 5.69 Å². The van der Waals surface area contributed by atoms with Crippen molar-refractivity contribution >= 4 is 17.3 Å². The Labute approximate surface area is 89.1 Å². The van der Waals surface area contributed by atoms with Crippen LogP contribution in [-0.2, 0) is 0 Å². The highest BCUT2D eigenvalue weighted by molar-refractivity contribution is 6.31. The lowest BCUT2D eigenvalue weighted by atomic mass is 10.2. The molecule has 1 rings (SSSR count). The molecule has 0 aliphatic heterocycles. The van der Waals surface area contributed by atoms with Crippen molar-refractivity contribution in [1.82, 2.24) is 4.98 Å². The molecule has 74 valence electrons. The molecule has 0 radical (unpaired) electrons. The minimum Gasteiger partial charge on any atom is -0.396 e. The molecule has 1 aromatic heterocycles. The number of aryl methyl sites for hydroxylation is 2. The largest absolute Gasteiger partial charge is 0.396 e. The average Bonchev–Trinajstić information content (AvgIpc) is 2.18. The SMILES string of the molecule is Cc1ccccc(N)c(Cl)ncc1C. The molecule has 0 fully saturated rings. The van der Waals surface area contributed by atoms with Gasteiger partial charge in [-0.2, -0.15) is 0 Å². The summed E-state index contributed by atoms with van der Waals surface area (Å²) < 4.78 is 0. The van der Waals surface area contributed by atoms with E-state index >= 15 is 0 Å². The maximum atomic E-state index is 5.84. The highest BCUT2D eigenvalue weighted by Gasteiger charge is 1.90. The molecule has 0 saturated heterocycles. The van der Waals surface area contributed by atoms with Gasteiger partial charge in [0, 0.05) is 6.20 Å². The molecule has 0 amide bonds. The van der Waals surface area contributed by atoms with E-state index in [1.807, 2.05) is 32.0 Å². The summed E-state index contributed by atoms with van der Waals surface area (Å²) in [5, 5.41) is 0.323. The predicted octanol–water partition coefficient (Wildman–Crippen LogP) is 3.06. The summed E-state index contributed by atoms with van der Waals surface area (Å²) in [6, 6.07) is 7.50. The molecule has 1 heterocycles. The summed E-state index contributed by atoms with van der Waals surface area (Å²) in [4.78, 5) is 4.05. The van der Waals surface area contributed by atoms with Gasteiger partial charge in [0.15, 0.2) is 5.15 Å². The van der Waals surface area contributed by atoms with E-state index < -0.39 is 0 Å². The molecular formula is C11H13ClN2. The van der Waals surface area contributed by atoms with Crippen molar-refractivity contribution < 1.29 is 0 Å². The standard InChI is InChI=1S/C11H13ClN2/c1-8-5-3-4-6-10(13)11(12)14-7-9(8)2/h3-7H,13H2,1-2H3. The first kappa shape index (κ1) is 10.8. The lowest BCUT2D eigenvalue weighted by Crippen LogP contribution is -1.85. The first-order valence-corrected chi connectivity index (χ1v) is 4.70. The van der Waals surface area contributed by atoms with Gasteiger partial charge < -0.3 is 5.73 Å². The molecule has 0 unspecified atom stereocenters. The summed E-state index contributed by atoms with van der Waals surface area (Å²) in [5.41, 5.74) is 8.35. The van der Waals surface area contributed by atoms with E-state index in [9.17, 15) is 0 Å². The molecule has 0 atom stereocenters. The number of rotatable bonds is 0. The Bertz CT molecular complexity index is 350. The van der Waals surface area contributed by atoms with Gasteiger partial charge in [-0.05, 0) is 31.0 Å². The number of nitrogen functional groups attached to an aromatic ring is 1. The quantitative estimate of drug-likeness (QED) is 0.712. The van der Waals surface area contributed by atoms with Crippen molar-refractivity contribution in [2.45, 2.75) is 13.8 Å². The molecule has 3 heteroatoms. The van der Waals surface area contributed by atoms with Gasteiger partial charge in [0.2, 0.25) is 0 Å². The third-order valence-electron chi connectivity index (χ3n) is 1.96. The molecule has 0 aromatic carbocycles. The smallest absolute Gasteiger partial charge is 0.151 e. The van der Waals surface area contributed by atoms with E-state index in [2.05, 4.69) is 4.98 Å². The van der Waals surface area contributed by atoms with Gasteiger partial charge in [0.05, 0.1) is 5.69 Å². The summed E-state index contributed by atoms with van der Waals surface area (Å²) >= 11 is 5.84. The molecule has 2 nitrogen and oxygen atoms in total. The summed E-state index contributed by atoms with van der Waals surface area (Å²) in [6.07, 6.45) is 1.72. The van der Waals surface area contributed by atoms with Crippen LogP contribution in [0.25, 0.3) is 0 Å². The van der Waals surface area contributed by atoms with Crippen molar-refractivity contribution in [3.63, 3.8) is 0 Å². The topological polar surface area (TPSA) is 38.9 Å². The second kappa shape index (κ2) is 4.82. The molecule has 2 N–H and O–H groups in total. The second-order valence-electron chi connectivity index (χ2n) is 3.09. The Morgan fingerprint density at radius 2 is 1.79 bits per heavy atom. The first-order chi connectivity index (χ1) is 6.61. The van der Waals surface area contributed by atoms with Crippen molar-refractivity contribution in [2.75, 3.05) is 5.73 Å². The van der Waals surface area contributed by atoms with E-state index in [0.29, 0.717) is 10.8 Å². The fraction of sp³-hybridized carbons (Fsp3) is 0.182. The molecule has 0 aliphatic carbocycles. The summed E-state index contributed by atoms with van der Waals surface area (Å²) in [5.74, 6) is 0. The maximum absolute atomic E-state index is 5.84. The van der Waals surface area contributed by atoms with Crippen molar-refractivity contribution in [1.29, 1.82) is 0 Å². The van der Waals surface area contributed by atoms with Crippen LogP contribution < -0.4 is 5.73 Å². The van der Waals surface area contributed by atoms with Crippen molar-refractivity contribution in [2.24, 2.45) is 0 Å². The van der Waals surface area contributed by atoms with Gasteiger partial charge in [0.1, 0.15) is 0 Å². The van der Waals surface area contributed by atoms with Crippen LogP contribution in [0.2, 0.25) is 5.15 Å². The zero-order chi connectivity index (χ0) is 10.6. The number of hydrogen-bond acceptors (Lipinski definition) is 2. The number of nitrogens with zero attached hydrogens (tertiary/aromatic N) is 1. The molecule has 0 spiro atoms. The van der Waals surface area contributed by atoms with Crippen LogP contribution in [0.15, 0.2) is 30.5 Å². The number of halogens is 1. The van der Waals surface area contributed by atoms with E-state index in [-0.39, 0.29) is 0 Å². The number of hydrogen-bond donors (Lipinski definition) is 1. The summed E-state index contributed by atoms with van der Waals surface area (Å²) in [6.45, 7) is 4.00. The zero-order valence-corrected chi connectivity index (χ0v) is 9.05. The first-order valence-electron chi connectivity index (χ1n) is 4.33. The Morgan fingerprint density at radius 1 is 1.14 bits per heavy atom. The molecule has 0 saturated carbocycles. The highest BCUT2D eigenvalue weighted by Crippen LogP contribution is 2.11. The minimum atomic E-state index is 0.323. The van der Waals surface area contributed by atoms with Crippen LogP contribution in [0, 0.1) is 13.8 Å². The van der Waals surface area contributed by atoms with Gasteiger partial charge in [-0.3, -0.25) is 0 Å². The van der Waals surface area contributed by atoms with Gasteiger partial charge in [-0.1, -0.05) is 29.8 Å². The lowest BCUT2D eigenvalue weighted by molar-refractivity contribution is 1.26. The second-order valence-corrected chi connectivity index (χ2v) is 3.45. The molecule has 1 aromatic rings. The Morgan fingerprint density at radius 3 is 2.50 bits per heavy atom. The van der Waals surface area contributed by atoms with E-state index in [1.165, 1.54) is 0 Å². The van der Waals surface area contributed by atoms with E-state index in [0.717, 1.165) is 11.1 Å².